The van der Waals surface area contributed by atoms with Crippen molar-refractivity contribution in [3.8, 4) is 0 Å². The zero-order chi connectivity index (χ0) is 26.5. The maximum Gasteiger partial charge on any atom is 0.426 e. The van der Waals surface area contributed by atoms with Gasteiger partial charge in [0.25, 0.3) is 11.2 Å². The van der Waals surface area contributed by atoms with Crippen molar-refractivity contribution in [1.82, 2.24) is 18.7 Å². The Morgan fingerprint density at radius 1 is 0.889 bits per heavy atom. The van der Waals surface area contributed by atoms with Crippen molar-refractivity contribution in [2.75, 3.05) is 0 Å². The zero-order valence-electron chi connectivity index (χ0n) is 19.9. The predicted molar refractivity (Wildman–Crippen MR) is 118 cm³/mol. The minimum absolute atomic E-state index is 0.0892. The Morgan fingerprint density at radius 3 is 2.00 bits per heavy atom. The Labute approximate surface area is 202 Å². The third kappa shape index (κ3) is 4.58. The van der Waals surface area contributed by atoms with Crippen LogP contribution in [0.2, 0.25) is 0 Å². The van der Waals surface area contributed by atoms with Gasteiger partial charge in [-0.2, -0.15) is 26.3 Å². The van der Waals surface area contributed by atoms with Gasteiger partial charge < -0.3 is 9.67 Å². The molecule has 0 aliphatic heterocycles. The van der Waals surface area contributed by atoms with Crippen LogP contribution in [0.1, 0.15) is 57.8 Å². The van der Waals surface area contributed by atoms with Gasteiger partial charge in [-0.25, -0.2) is 9.78 Å². The first kappa shape index (κ1) is 26.7. The minimum atomic E-state index is -5.86. The second-order valence-corrected chi connectivity index (χ2v) is 10.3. The van der Waals surface area contributed by atoms with Gasteiger partial charge >= 0.3 is 18.0 Å². The van der Waals surface area contributed by atoms with Crippen LogP contribution in [0.4, 0.5) is 26.3 Å². The molecule has 202 valence electrons. The average Bonchev–Trinajstić information content (AvgIpc) is 3.23. The summed E-state index contributed by atoms with van der Waals surface area (Å²) in [6.07, 6.45) is -5.97. The van der Waals surface area contributed by atoms with Crippen molar-refractivity contribution in [3.05, 3.63) is 27.2 Å². The molecule has 0 spiro atoms. The third-order valence-corrected chi connectivity index (χ3v) is 8.02. The maximum absolute atomic E-state index is 13.3. The van der Waals surface area contributed by atoms with E-state index in [1.165, 1.54) is 24.4 Å². The molecule has 2 heterocycles. The minimum Gasteiger partial charge on any atom is -0.373 e. The second-order valence-electron chi connectivity index (χ2n) is 10.3. The van der Waals surface area contributed by atoms with Gasteiger partial charge in [0.2, 0.25) is 0 Å². The highest BCUT2D eigenvalue weighted by atomic mass is 19.4. The van der Waals surface area contributed by atoms with Gasteiger partial charge in [0.05, 0.1) is 6.33 Å². The van der Waals surface area contributed by atoms with E-state index in [4.69, 9.17) is 0 Å². The first-order valence-corrected chi connectivity index (χ1v) is 12.3. The number of aryl methyl sites for hydroxylation is 1. The molecule has 2 aliphatic rings. The summed E-state index contributed by atoms with van der Waals surface area (Å²) in [6.45, 7) is 0.460. The van der Waals surface area contributed by atoms with Crippen molar-refractivity contribution in [2.24, 2.45) is 24.8 Å². The molecule has 0 radical (unpaired) electrons. The van der Waals surface area contributed by atoms with Gasteiger partial charge in [0.15, 0.2) is 11.2 Å². The van der Waals surface area contributed by atoms with Crippen molar-refractivity contribution >= 4 is 11.2 Å². The molecule has 0 amide bonds. The lowest BCUT2D eigenvalue weighted by Crippen LogP contribution is -2.62. The van der Waals surface area contributed by atoms with E-state index in [2.05, 4.69) is 4.98 Å². The summed E-state index contributed by atoms with van der Waals surface area (Å²) < 4.78 is 83.4. The fourth-order valence-corrected chi connectivity index (χ4v) is 5.91. The largest absolute Gasteiger partial charge is 0.426 e. The third-order valence-electron chi connectivity index (χ3n) is 8.02. The Balaban J connectivity index is 1.56. The molecule has 2 fully saturated rings. The quantitative estimate of drug-likeness (QED) is 0.597. The van der Waals surface area contributed by atoms with Crippen molar-refractivity contribution in [2.45, 2.75) is 88.8 Å². The van der Waals surface area contributed by atoms with Gasteiger partial charge in [0, 0.05) is 26.1 Å². The number of aliphatic hydroxyl groups is 1. The van der Waals surface area contributed by atoms with E-state index in [9.17, 15) is 41.0 Å². The summed E-state index contributed by atoms with van der Waals surface area (Å²) in [4.78, 5) is 30.5. The summed E-state index contributed by atoms with van der Waals surface area (Å²) in [6, 6.07) is 0. The number of hydrogen-bond donors (Lipinski definition) is 1. The number of rotatable bonds is 5. The normalized spacial score (nSPS) is 22.9. The van der Waals surface area contributed by atoms with E-state index < -0.39 is 53.9 Å². The lowest BCUT2D eigenvalue weighted by Gasteiger charge is -2.42. The molecule has 2 saturated carbocycles. The molecule has 4 rings (SSSR count). The number of nitrogens with zero attached hydrogens (tertiary/aromatic N) is 4. The van der Waals surface area contributed by atoms with Crippen LogP contribution in [-0.4, -0.2) is 41.7 Å². The first-order valence-electron chi connectivity index (χ1n) is 12.3. The molecule has 1 N–H and O–H groups in total. The molecule has 7 nitrogen and oxygen atoms in total. The molecule has 2 aromatic heterocycles. The van der Waals surface area contributed by atoms with Gasteiger partial charge in [-0.05, 0) is 50.4 Å². The number of alkyl halides is 6. The number of fused-ring (bicyclic) bond motifs is 1. The summed E-state index contributed by atoms with van der Waals surface area (Å²) in [5, 5.41) is 9.70. The molecule has 2 aromatic rings. The van der Waals surface area contributed by atoms with Crippen LogP contribution in [0.3, 0.4) is 0 Å². The standard InChI is InChI=1S/C23H30F6N4O3/c1-31-18-17(32(13-30-18)11-14-5-3-2-4-6-14)19(34)33(20(31)35)12-15-7-9-16(10-8-15)21(36,22(24,25)26)23(27,28)29/h13-16,36H,2-12H2,1H3. The molecule has 13 heteroatoms. The molecule has 0 saturated heterocycles. The zero-order valence-corrected chi connectivity index (χ0v) is 19.9. The van der Waals surface area contributed by atoms with Crippen molar-refractivity contribution in [3.63, 3.8) is 0 Å². The van der Waals surface area contributed by atoms with E-state index in [1.807, 2.05) is 0 Å². The SMILES string of the molecule is Cn1c(=O)n(CC2CCC(C(O)(C(F)(F)F)C(F)(F)F)CC2)c(=O)c2c1ncn2CC1CCCCC1. The van der Waals surface area contributed by atoms with Gasteiger partial charge in [-0.3, -0.25) is 13.9 Å². The molecule has 0 aromatic carbocycles. The molecule has 0 atom stereocenters. The summed E-state index contributed by atoms with van der Waals surface area (Å²) >= 11 is 0. The molecular weight excluding hydrogens is 494 g/mol. The number of hydrogen-bond acceptors (Lipinski definition) is 4. The lowest BCUT2D eigenvalue weighted by molar-refractivity contribution is -0.387. The summed E-state index contributed by atoms with van der Waals surface area (Å²) in [7, 11) is 1.47. The molecular formula is C23H30F6N4O3. The van der Waals surface area contributed by atoms with Gasteiger partial charge in [-0.1, -0.05) is 19.3 Å². The number of aromatic nitrogens is 4. The van der Waals surface area contributed by atoms with E-state index in [1.54, 1.807) is 4.57 Å². The van der Waals surface area contributed by atoms with Crippen LogP contribution in [0.15, 0.2) is 15.9 Å². The first-order chi connectivity index (χ1) is 16.8. The molecule has 0 bridgehead atoms. The second kappa shape index (κ2) is 9.53. The van der Waals surface area contributed by atoms with E-state index in [-0.39, 0.29) is 30.6 Å². The van der Waals surface area contributed by atoms with Crippen molar-refractivity contribution in [1.29, 1.82) is 0 Å². The van der Waals surface area contributed by atoms with Crippen LogP contribution >= 0.6 is 0 Å². The Bertz CT molecular complexity index is 1180. The fraction of sp³-hybridized carbons (Fsp3) is 0.783. The Morgan fingerprint density at radius 2 is 1.44 bits per heavy atom. The summed E-state index contributed by atoms with van der Waals surface area (Å²) in [5.41, 5.74) is -5.49. The van der Waals surface area contributed by atoms with Gasteiger partial charge in [0.1, 0.15) is 0 Å². The maximum atomic E-state index is 13.3. The Hall–Kier alpha value is -2.31. The van der Waals surface area contributed by atoms with Crippen LogP contribution in [0, 0.1) is 17.8 Å². The molecule has 2 aliphatic carbocycles. The van der Waals surface area contributed by atoms with Crippen molar-refractivity contribution < 1.29 is 31.4 Å². The van der Waals surface area contributed by atoms with Crippen LogP contribution in [0.5, 0.6) is 0 Å². The monoisotopic (exact) mass is 524 g/mol. The van der Waals surface area contributed by atoms with E-state index in [0.29, 0.717) is 12.5 Å². The highest BCUT2D eigenvalue weighted by Gasteiger charge is 2.73. The Kier molecular flexibility index (Phi) is 7.08. The highest BCUT2D eigenvalue weighted by Crippen LogP contribution is 2.52. The predicted octanol–water partition coefficient (Wildman–Crippen LogP) is 4.14. The van der Waals surface area contributed by atoms with Crippen LogP contribution in [-0.2, 0) is 20.1 Å². The average molecular weight is 525 g/mol. The summed E-state index contributed by atoms with van der Waals surface area (Å²) in [5.74, 6) is -2.14. The highest BCUT2D eigenvalue weighted by molar-refractivity contribution is 5.69. The van der Waals surface area contributed by atoms with Gasteiger partial charge in [-0.15, -0.1) is 0 Å². The van der Waals surface area contributed by atoms with E-state index >= 15 is 0 Å². The fourth-order valence-electron chi connectivity index (χ4n) is 5.91. The topological polar surface area (TPSA) is 82.0 Å². The molecule has 36 heavy (non-hydrogen) atoms. The number of halogens is 6. The number of imidazole rings is 1. The lowest BCUT2D eigenvalue weighted by atomic mass is 9.72. The van der Waals surface area contributed by atoms with Crippen LogP contribution < -0.4 is 11.2 Å². The molecule has 0 unspecified atom stereocenters. The van der Waals surface area contributed by atoms with E-state index in [0.717, 1.165) is 30.3 Å². The van der Waals surface area contributed by atoms with Crippen LogP contribution in [0.25, 0.3) is 11.2 Å². The smallest absolute Gasteiger partial charge is 0.373 e.